The number of rotatable bonds is 4. The van der Waals surface area contributed by atoms with E-state index in [1.54, 1.807) is 18.2 Å². The Morgan fingerprint density at radius 2 is 2.05 bits per heavy atom. The van der Waals surface area contributed by atoms with Gasteiger partial charge in [0.2, 0.25) is 5.88 Å². The van der Waals surface area contributed by atoms with Gasteiger partial charge in [0.1, 0.15) is 17.1 Å². The molecule has 21 heavy (non-hydrogen) atoms. The SMILES string of the molecule is CC.CSc1cccc(Oc2ncc(F)cc2C(=O)O)c1. The number of benzene rings is 1. The molecule has 0 radical (unpaired) electrons. The molecule has 0 unspecified atom stereocenters. The van der Waals surface area contributed by atoms with Gasteiger partial charge in [0, 0.05) is 4.90 Å². The number of carboxylic acids is 1. The van der Waals surface area contributed by atoms with E-state index in [-0.39, 0.29) is 11.4 Å². The Kier molecular flexibility index (Phi) is 6.68. The molecule has 112 valence electrons. The second-order valence-electron chi connectivity index (χ2n) is 3.59. The summed E-state index contributed by atoms with van der Waals surface area (Å²) in [5, 5.41) is 8.98. The molecule has 2 aromatic rings. The fraction of sp³-hybridized carbons (Fsp3) is 0.200. The molecular formula is C15H16FNO3S. The van der Waals surface area contributed by atoms with Crippen molar-refractivity contribution < 1.29 is 19.0 Å². The molecule has 0 fully saturated rings. The average molecular weight is 309 g/mol. The van der Waals surface area contributed by atoms with Gasteiger partial charge in [0.15, 0.2) is 0 Å². The standard InChI is InChI=1S/C13H10FNO3S.C2H6/c1-19-10-4-2-3-9(6-10)18-12-11(13(16)17)5-8(14)7-15-12;1-2/h2-7H,1H3,(H,16,17);1-2H3. The minimum atomic E-state index is -1.29. The van der Waals surface area contributed by atoms with Crippen molar-refractivity contribution in [2.75, 3.05) is 6.26 Å². The highest BCUT2D eigenvalue weighted by molar-refractivity contribution is 7.98. The predicted molar refractivity (Wildman–Crippen MR) is 80.8 cm³/mol. The first kappa shape index (κ1) is 17.0. The molecule has 1 N–H and O–H groups in total. The molecule has 0 bridgehead atoms. The van der Waals surface area contributed by atoms with Gasteiger partial charge in [-0.15, -0.1) is 11.8 Å². The summed E-state index contributed by atoms with van der Waals surface area (Å²) in [6.45, 7) is 4.00. The van der Waals surface area contributed by atoms with Crippen LogP contribution in [-0.4, -0.2) is 22.3 Å². The molecule has 1 aromatic carbocycles. The molecule has 0 aliphatic rings. The minimum absolute atomic E-state index is 0.132. The van der Waals surface area contributed by atoms with E-state index in [0.717, 1.165) is 17.2 Å². The molecule has 6 heteroatoms. The molecule has 0 atom stereocenters. The number of hydrogen-bond donors (Lipinski definition) is 1. The van der Waals surface area contributed by atoms with Crippen molar-refractivity contribution in [3.63, 3.8) is 0 Å². The Labute approximate surface area is 127 Å². The zero-order valence-electron chi connectivity index (χ0n) is 12.0. The summed E-state index contributed by atoms with van der Waals surface area (Å²) in [7, 11) is 0. The Morgan fingerprint density at radius 1 is 1.33 bits per heavy atom. The van der Waals surface area contributed by atoms with Crippen LogP contribution in [0.5, 0.6) is 11.6 Å². The summed E-state index contributed by atoms with van der Waals surface area (Å²) in [4.78, 5) is 15.6. The maximum absolute atomic E-state index is 13.0. The normalized spacial score (nSPS) is 9.52. The average Bonchev–Trinajstić information content (AvgIpc) is 2.51. The molecule has 0 amide bonds. The number of aromatic nitrogens is 1. The van der Waals surface area contributed by atoms with Gasteiger partial charge in [-0.1, -0.05) is 19.9 Å². The third-order valence-corrected chi connectivity index (χ3v) is 3.03. The van der Waals surface area contributed by atoms with Crippen LogP contribution >= 0.6 is 11.8 Å². The molecule has 0 saturated carbocycles. The summed E-state index contributed by atoms with van der Waals surface area (Å²) in [5.74, 6) is -1.69. The maximum Gasteiger partial charge on any atom is 0.341 e. The predicted octanol–water partition coefficient (Wildman–Crippen LogP) is 4.46. The number of nitrogens with zero attached hydrogens (tertiary/aromatic N) is 1. The van der Waals surface area contributed by atoms with Crippen LogP contribution in [0.4, 0.5) is 4.39 Å². The van der Waals surface area contributed by atoms with E-state index in [4.69, 9.17) is 9.84 Å². The van der Waals surface area contributed by atoms with Gasteiger partial charge >= 0.3 is 5.97 Å². The quantitative estimate of drug-likeness (QED) is 0.845. The Hall–Kier alpha value is -2.08. The van der Waals surface area contributed by atoms with Crippen LogP contribution in [0.1, 0.15) is 24.2 Å². The van der Waals surface area contributed by atoms with Crippen LogP contribution in [0, 0.1) is 5.82 Å². The van der Waals surface area contributed by atoms with Crippen LogP contribution in [0.15, 0.2) is 41.4 Å². The molecule has 0 spiro atoms. The monoisotopic (exact) mass is 309 g/mol. The van der Waals surface area contributed by atoms with E-state index in [0.29, 0.717) is 5.75 Å². The molecular weight excluding hydrogens is 293 g/mol. The molecule has 0 saturated heterocycles. The number of thioether (sulfide) groups is 1. The van der Waals surface area contributed by atoms with Gasteiger partial charge in [-0.25, -0.2) is 14.2 Å². The van der Waals surface area contributed by atoms with Gasteiger partial charge < -0.3 is 9.84 Å². The van der Waals surface area contributed by atoms with Crippen LogP contribution in [0.2, 0.25) is 0 Å². The third kappa shape index (κ3) is 4.75. The largest absolute Gasteiger partial charge is 0.477 e. The lowest BCUT2D eigenvalue weighted by Crippen LogP contribution is -2.03. The van der Waals surface area contributed by atoms with Crippen molar-refractivity contribution in [2.45, 2.75) is 18.7 Å². The number of halogens is 1. The summed E-state index contributed by atoms with van der Waals surface area (Å²) < 4.78 is 18.4. The van der Waals surface area contributed by atoms with Crippen molar-refractivity contribution in [2.24, 2.45) is 0 Å². The highest BCUT2D eigenvalue weighted by Gasteiger charge is 2.15. The number of ether oxygens (including phenoxy) is 1. The number of pyridine rings is 1. The number of carboxylic acid groups (broad SMARTS) is 1. The van der Waals surface area contributed by atoms with Crippen molar-refractivity contribution in [3.05, 3.63) is 47.9 Å². The van der Waals surface area contributed by atoms with Crippen LogP contribution in [0.3, 0.4) is 0 Å². The summed E-state index contributed by atoms with van der Waals surface area (Å²) in [5.41, 5.74) is -0.311. The molecule has 1 aromatic heterocycles. The fourth-order valence-corrected chi connectivity index (χ4v) is 1.89. The van der Waals surface area contributed by atoms with E-state index in [2.05, 4.69) is 4.98 Å². The van der Waals surface area contributed by atoms with Crippen LogP contribution < -0.4 is 4.74 Å². The summed E-state index contributed by atoms with van der Waals surface area (Å²) in [6.07, 6.45) is 2.83. The summed E-state index contributed by atoms with van der Waals surface area (Å²) >= 11 is 1.53. The lowest BCUT2D eigenvalue weighted by Gasteiger charge is -2.08. The van der Waals surface area contributed by atoms with E-state index >= 15 is 0 Å². The summed E-state index contributed by atoms with van der Waals surface area (Å²) in [6, 6.07) is 7.99. The Morgan fingerprint density at radius 3 is 2.67 bits per heavy atom. The van der Waals surface area contributed by atoms with Crippen LogP contribution in [-0.2, 0) is 0 Å². The van der Waals surface area contributed by atoms with Gasteiger partial charge in [-0.2, -0.15) is 0 Å². The van der Waals surface area contributed by atoms with E-state index in [1.165, 1.54) is 11.8 Å². The highest BCUT2D eigenvalue weighted by Crippen LogP contribution is 2.26. The third-order valence-electron chi connectivity index (χ3n) is 2.30. The highest BCUT2D eigenvalue weighted by atomic mass is 32.2. The van der Waals surface area contributed by atoms with E-state index < -0.39 is 11.8 Å². The van der Waals surface area contributed by atoms with Crippen LogP contribution in [0.25, 0.3) is 0 Å². The minimum Gasteiger partial charge on any atom is -0.477 e. The molecule has 0 aliphatic heterocycles. The first-order valence-electron chi connectivity index (χ1n) is 6.31. The lowest BCUT2D eigenvalue weighted by molar-refractivity contribution is 0.0692. The Balaban J connectivity index is 0.00000106. The topological polar surface area (TPSA) is 59.4 Å². The van der Waals surface area contributed by atoms with E-state index in [9.17, 15) is 9.18 Å². The molecule has 2 rings (SSSR count). The number of aromatic carboxylic acids is 1. The van der Waals surface area contributed by atoms with Crippen molar-refractivity contribution in [1.29, 1.82) is 0 Å². The van der Waals surface area contributed by atoms with Crippen molar-refractivity contribution in [1.82, 2.24) is 4.98 Å². The maximum atomic E-state index is 13.0. The first-order chi connectivity index (χ1) is 10.1. The zero-order valence-corrected chi connectivity index (χ0v) is 12.8. The second kappa shape index (κ2) is 8.26. The van der Waals surface area contributed by atoms with Crippen molar-refractivity contribution >= 4 is 17.7 Å². The number of carbonyl (C=O) groups is 1. The lowest BCUT2D eigenvalue weighted by atomic mass is 10.2. The molecule has 4 nitrogen and oxygen atoms in total. The van der Waals surface area contributed by atoms with Gasteiger partial charge in [-0.3, -0.25) is 0 Å². The first-order valence-corrected chi connectivity index (χ1v) is 7.53. The zero-order chi connectivity index (χ0) is 15.8. The smallest absolute Gasteiger partial charge is 0.341 e. The van der Waals surface area contributed by atoms with Gasteiger partial charge in [-0.05, 0) is 30.5 Å². The van der Waals surface area contributed by atoms with Gasteiger partial charge in [0.05, 0.1) is 6.20 Å². The van der Waals surface area contributed by atoms with Crippen molar-refractivity contribution in [3.8, 4) is 11.6 Å². The second-order valence-corrected chi connectivity index (χ2v) is 4.47. The van der Waals surface area contributed by atoms with E-state index in [1.807, 2.05) is 26.2 Å². The molecule has 0 aliphatic carbocycles. The Bertz CT molecular complexity index is 620. The number of hydrogen-bond acceptors (Lipinski definition) is 4. The fourth-order valence-electron chi connectivity index (χ4n) is 1.44. The molecule has 1 heterocycles. The van der Waals surface area contributed by atoms with Gasteiger partial charge in [0.25, 0.3) is 0 Å².